The van der Waals surface area contributed by atoms with E-state index in [9.17, 15) is 28.8 Å². The van der Waals surface area contributed by atoms with Crippen LogP contribution in [-0.2, 0) is 28.7 Å². The third-order valence-electron chi connectivity index (χ3n) is 6.06. The summed E-state index contributed by atoms with van der Waals surface area (Å²) in [6.07, 6.45) is 3.43. The predicted molar refractivity (Wildman–Crippen MR) is 128 cm³/mol. The van der Waals surface area contributed by atoms with Crippen LogP contribution in [0.25, 0.3) is 5.53 Å². The fourth-order valence-electron chi connectivity index (χ4n) is 4.23. The molecule has 0 saturated carbocycles. The Morgan fingerprint density at radius 1 is 1.29 bits per heavy atom. The van der Waals surface area contributed by atoms with Gasteiger partial charge in [-0.05, 0) is 37.8 Å². The molecule has 0 aromatic carbocycles. The number of Topliss-reactive ketones (excluding diaryl/α,β-unsaturated/α-hetero) is 1. The van der Waals surface area contributed by atoms with Gasteiger partial charge in [0.2, 0.25) is 11.8 Å². The van der Waals surface area contributed by atoms with E-state index in [1.165, 1.54) is 29.5 Å². The quantitative estimate of drug-likeness (QED) is 0.129. The number of amides is 4. The van der Waals surface area contributed by atoms with E-state index >= 15 is 0 Å². The molecule has 0 bridgehead atoms. The lowest BCUT2D eigenvalue weighted by Crippen LogP contribution is -2.64. The molecule has 1 aromatic rings. The molecule has 0 unspecified atom stereocenters. The highest BCUT2D eigenvalue weighted by molar-refractivity contribution is 6.28. The maximum absolute atomic E-state index is 13.5. The van der Waals surface area contributed by atoms with Crippen molar-refractivity contribution < 1.29 is 42.7 Å². The maximum atomic E-state index is 13.5. The molecule has 3 atom stereocenters. The first-order valence-corrected chi connectivity index (χ1v) is 12.0. The SMILES string of the molecule is C=CCOC(=O)CC[C@H](NC(=O)[C@@H]1CCCN2C(=O)CC[C@H](NC(=O)c3ccco3)C(=O)N12)C(=O)C=[N+]=[N-]. The summed E-state index contributed by atoms with van der Waals surface area (Å²) >= 11 is 0. The Hall–Kier alpha value is -4.58. The minimum absolute atomic E-state index is 0.0170. The summed E-state index contributed by atoms with van der Waals surface area (Å²) in [5.41, 5.74) is 8.78. The lowest BCUT2D eigenvalue weighted by molar-refractivity contribution is -0.176. The smallest absolute Gasteiger partial charge is 0.325 e. The molecule has 14 nitrogen and oxygen atoms in total. The van der Waals surface area contributed by atoms with Crippen LogP contribution in [0.3, 0.4) is 0 Å². The van der Waals surface area contributed by atoms with Gasteiger partial charge in [0.1, 0.15) is 18.7 Å². The minimum Gasteiger partial charge on any atom is -0.461 e. The number of ether oxygens (including phenoxy) is 1. The summed E-state index contributed by atoms with van der Waals surface area (Å²) < 4.78 is 9.94. The molecule has 2 saturated heterocycles. The maximum Gasteiger partial charge on any atom is 0.325 e. The molecule has 3 heterocycles. The monoisotopic (exact) mass is 528 g/mol. The van der Waals surface area contributed by atoms with Gasteiger partial charge in [-0.15, -0.1) is 0 Å². The average molecular weight is 529 g/mol. The first-order chi connectivity index (χ1) is 18.3. The molecular formula is C24H28N6O8. The van der Waals surface area contributed by atoms with Gasteiger partial charge in [0.05, 0.1) is 12.3 Å². The van der Waals surface area contributed by atoms with Crippen molar-refractivity contribution in [3.05, 3.63) is 42.3 Å². The van der Waals surface area contributed by atoms with Crippen LogP contribution < -0.4 is 10.6 Å². The van der Waals surface area contributed by atoms with Gasteiger partial charge < -0.3 is 25.3 Å². The van der Waals surface area contributed by atoms with Gasteiger partial charge in [0, 0.05) is 19.4 Å². The van der Waals surface area contributed by atoms with Crippen molar-refractivity contribution in [3.8, 4) is 0 Å². The van der Waals surface area contributed by atoms with Crippen LogP contribution in [0.15, 0.2) is 35.5 Å². The second-order valence-corrected chi connectivity index (χ2v) is 8.62. The van der Waals surface area contributed by atoms with Gasteiger partial charge >= 0.3 is 12.2 Å². The second-order valence-electron chi connectivity index (χ2n) is 8.62. The predicted octanol–water partition coefficient (Wildman–Crippen LogP) is -0.230. The first kappa shape index (κ1) is 28.0. The van der Waals surface area contributed by atoms with Crippen LogP contribution in [0.2, 0.25) is 0 Å². The van der Waals surface area contributed by atoms with E-state index in [1.807, 2.05) is 0 Å². The van der Waals surface area contributed by atoms with Crippen LogP contribution >= 0.6 is 0 Å². The topological polar surface area (TPSA) is 192 Å². The highest BCUT2D eigenvalue weighted by Crippen LogP contribution is 2.25. The lowest BCUT2D eigenvalue weighted by atomic mass is 10.0. The summed E-state index contributed by atoms with van der Waals surface area (Å²) in [4.78, 5) is 79.1. The van der Waals surface area contributed by atoms with Crippen LogP contribution in [0, 0.1) is 0 Å². The third kappa shape index (κ3) is 6.79. The second kappa shape index (κ2) is 13.1. The molecule has 0 spiro atoms. The van der Waals surface area contributed by atoms with E-state index in [2.05, 4.69) is 22.0 Å². The largest absolute Gasteiger partial charge is 0.461 e. The molecule has 2 aliphatic rings. The number of rotatable bonds is 11. The van der Waals surface area contributed by atoms with E-state index < -0.39 is 53.5 Å². The van der Waals surface area contributed by atoms with E-state index in [0.717, 1.165) is 5.01 Å². The molecule has 202 valence electrons. The Bertz CT molecular complexity index is 1140. The molecule has 0 aliphatic carbocycles. The molecular weight excluding hydrogens is 500 g/mol. The minimum atomic E-state index is -1.27. The van der Waals surface area contributed by atoms with E-state index in [1.54, 1.807) is 0 Å². The van der Waals surface area contributed by atoms with Crippen molar-refractivity contribution >= 4 is 41.6 Å². The van der Waals surface area contributed by atoms with Gasteiger partial charge in [-0.2, -0.15) is 4.79 Å². The number of hydrogen-bond acceptors (Lipinski definition) is 8. The van der Waals surface area contributed by atoms with Crippen molar-refractivity contribution in [3.63, 3.8) is 0 Å². The zero-order valence-corrected chi connectivity index (χ0v) is 20.5. The van der Waals surface area contributed by atoms with Crippen LogP contribution in [0.5, 0.6) is 0 Å². The average Bonchev–Trinajstić information content (AvgIpc) is 3.42. The first-order valence-electron chi connectivity index (χ1n) is 12.0. The van der Waals surface area contributed by atoms with Crippen molar-refractivity contribution in [1.82, 2.24) is 20.7 Å². The van der Waals surface area contributed by atoms with Gasteiger partial charge in [-0.3, -0.25) is 33.8 Å². The van der Waals surface area contributed by atoms with Crippen LogP contribution in [0.1, 0.15) is 49.1 Å². The van der Waals surface area contributed by atoms with Gasteiger partial charge in [0.25, 0.3) is 17.6 Å². The van der Waals surface area contributed by atoms with Gasteiger partial charge in [0.15, 0.2) is 5.76 Å². The molecule has 4 amide bonds. The Balaban J connectivity index is 1.78. The molecule has 0 radical (unpaired) electrons. The molecule has 14 heteroatoms. The molecule has 1 aromatic heterocycles. The fraction of sp³-hybridized carbons (Fsp3) is 0.458. The number of hydrazine groups is 1. The van der Waals surface area contributed by atoms with Crippen LogP contribution in [0.4, 0.5) is 0 Å². The molecule has 2 fully saturated rings. The van der Waals surface area contributed by atoms with Crippen LogP contribution in [-0.4, -0.2) is 87.7 Å². The number of nitrogens with zero attached hydrogens (tertiary/aromatic N) is 4. The summed E-state index contributed by atoms with van der Waals surface area (Å²) in [5, 5.41) is 7.27. The number of ketones is 1. The number of carbonyl (C=O) groups is 6. The fourth-order valence-corrected chi connectivity index (χ4v) is 4.23. The number of nitrogens with one attached hydrogen (secondary N) is 2. The van der Waals surface area contributed by atoms with Crippen molar-refractivity contribution in [1.29, 1.82) is 0 Å². The molecule has 2 N–H and O–H groups in total. The lowest BCUT2D eigenvalue weighted by Gasteiger charge is -2.43. The summed E-state index contributed by atoms with van der Waals surface area (Å²) in [7, 11) is 0. The van der Waals surface area contributed by atoms with Gasteiger partial charge in [-0.25, -0.2) is 5.01 Å². The summed E-state index contributed by atoms with van der Waals surface area (Å²) in [6, 6.07) is -0.606. The molecule has 3 rings (SSSR count). The zero-order valence-electron chi connectivity index (χ0n) is 20.5. The normalized spacial score (nSPS) is 19.8. The third-order valence-corrected chi connectivity index (χ3v) is 6.06. The van der Waals surface area contributed by atoms with E-state index in [4.69, 9.17) is 14.7 Å². The number of hydrogen-bond donors (Lipinski definition) is 2. The Morgan fingerprint density at radius 3 is 2.76 bits per heavy atom. The standard InChI is InChI=1S/C24H28N6O8/c1-2-12-38-21(33)10-8-15(18(31)14-26-25)27-22(34)17-5-3-11-29-20(32)9-7-16(24(36)30(17)29)28-23(35)19-6-4-13-37-19/h2,4,6,13-17H,1,3,5,7-12H2,(H,27,34)(H,28,35)/t15-,16-,17-/m0/s1. The Labute approximate surface area is 217 Å². The van der Waals surface area contributed by atoms with Crippen molar-refractivity contribution in [2.45, 2.75) is 56.7 Å². The van der Waals surface area contributed by atoms with E-state index in [0.29, 0.717) is 12.6 Å². The van der Waals surface area contributed by atoms with Crippen molar-refractivity contribution in [2.24, 2.45) is 0 Å². The Kier molecular flexibility index (Phi) is 9.66. The Morgan fingerprint density at radius 2 is 2.08 bits per heavy atom. The van der Waals surface area contributed by atoms with Gasteiger partial charge in [-0.1, -0.05) is 12.7 Å². The number of carbonyl (C=O) groups excluding carboxylic acids is 6. The summed E-state index contributed by atoms with van der Waals surface area (Å²) in [6.45, 7) is 3.61. The molecule has 38 heavy (non-hydrogen) atoms. The number of fused-ring (bicyclic) bond motifs is 1. The highest BCUT2D eigenvalue weighted by atomic mass is 16.5. The highest BCUT2D eigenvalue weighted by Gasteiger charge is 2.45. The summed E-state index contributed by atoms with van der Waals surface area (Å²) in [5.74, 6) is -3.89. The van der Waals surface area contributed by atoms with E-state index in [-0.39, 0.29) is 51.0 Å². The number of furan rings is 1. The van der Waals surface area contributed by atoms with Crippen molar-refractivity contribution in [2.75, 3.05) is 13.2 Å². The zero-order chi connectivity index (χ0) is 27.7. The molecule has 2 aliphatic heterocycles. The number of esters is 1.